The average Bonchev–Trinajstić information content (AvgIpc) is 2.60. The van der Waals surface area contributed by atoms with E-state index in [1.165, 1.54) is 19.1 Å². The number of alkyl halides is 3. The molecule has 29 heavy (non-hydrogen) atoms. The van der Waals surface area contributed by atoms with E-state index in [4.69, 9.17) is 23.2 Å². The molecule has 0 bridgehead atoms. The lowest BCUT2D eigenvalue weighted by Gasteiger charge is -2.20. The third-order valence-electron chi connectivity index (χ3n) is 3.99. The molecule has 0 radical (unpaired) electrons. The van der Waals surface area contributed by atoms with Crippen LogP contribution in [0.3, 0.4) is 0 Å². The SMILES string of the molecule is CC(NC(=O)[C@H](C)NS(=O)(=O)c1ccccc1C(F)(F)F)c1ccc(Cl)cc1Cl. The molecule has 0 aliphatic rings. The molecule has 158 valence electrons. The average molecular weight is 469 g/mol. The molecule has 0 spiro atoms. The monoisotopic (exact) mass is 468 g/mol. The Bertz CT molecular complexity index is 1010. The lowest BCUT2D eigenvalue weighted by Crippen LogP contribution is -2.45. The first-order valence-electron chi connectivity index (χ1n) is 8.27. The summed E-state index contributed by atoms with van der Waals surface area (Å²) < 4.78 is 66.2. The third kappa shape index (κ3) is 5.85. The van der Waals surface area contributed by atoms with Gasteiger partial charge in [0.05, 0.1) is 22.5 Å². The largest absolute Gasteiger partial charge is 0.417 e. The van der Waals surface area contributed by atoms with E-state index in [0.29, 0.717) is 21.7 Å². The van der Waals surface area contributed by atoms with Gasteiger partial charge in [-0.15, -0.1) is 0 Å². The number of hydrogen-bond donors (Lipinski definition) is 2. The molecule has 0 saturated heterocycles. The second-order valence-corrected chi connectivity index (χ2v) is 8.76. The molecule has 11 heteroatoms. The van der Waals surface area contributed by atoms with Crippen LogP contribution < -0.4 is 10.0 Å². The van der Waals surface area contributed by atoms with E-state index in [9.17, 15) is 26.4 Å². The molecule has 0 aliphatic heterocycles. The normalized spacial score (nSPS) is 14.3. The van der Waals surface area contributed by atoms with E-state index in [1.54, 1.807) is 19.1 Å². The van der Waals surface area contributed by atoms with Gasteiger partial charge in [0.15, 0.2) is 0 Å². The molecule has 0 aliphatic carbocycles. The Morgan fingerprint density at radius 2 is 1.69 bits per heavy atom. The molecule has 2 aromatic carbocycles. The fraction of sp³-hybridized carbons (Fsp3) is 0.278. The maximum Gasteiger partial charge on any atom is 0.417 e. The van der Waals surface area contributed by atoms with Gasteiger partial charge in [0.2, 0.25) is 15.9 Å². The van der Waals surface area contributed by atoms with Gasteiger partial charge in [-0.2, -0.15) is 17.9 Å². The molecule has 2 N–H and O–H groups in total. The van der Waals surface area contributed by atoms with Gasteiger partial charge in [0.25, 0.3) is 0 Å². The van der Waals surface area contributed by atoms with Crippen LogP contribution in [0.15, 0.2) is 47.4 Å². The van der Waals surface area contributed by atoms with E-state index in [1.807, 2.05) is 4.72 Å². The highest BCUT2D eigenvalue weighted by Gasteiger charge is 2.37. The van der Waals surface area contributed by atoms with Crippen LogP contribution in [0.25, 0.3) is 0 Å². The van der Waals surface area contributed by atoms with Crippen LogP contribution in [0.4, 0.5) is 13.2 Å². The molecule has 2 atom stereocenters. The van der Waals surface area contributed by atoms with Crippen molar-refractivity contribution in [1.82, 2.24) is 10.0 Å². The van der Waals surface area contributed by atoms with Crippen molar-refractivity contribution in [1.29, 1.82) is 0 Å². The highest BCUT2D eigenvalue weighted by Crippen LogP contribution is 2.34. The molecule has 2 rings (SSSR count). The van der Waals surface area contributed by atoms with Crippen molar-refractivity contribution >= 4 is 39.1 Å². The maximum atomic E-state index is 13.1. The minimum Gasteiger partial charge on any atom is -0.348 e. The number of carbonyl (C=O) groups excluding carboxylic acids is 1. The predicted molar refractivity (Wildman–Crippen MR) is 104 cm³/mol. The van der Waals surface area contributed by atoms with Crippen LogP contribution >= 0.6 is 23.2 Å². The highest BCUT2D eigenvalue weighted by molar-refractivity contribution is 7.89. The summed E-state index contributed by atoms with van der Waals surface area (Å²) in [5.74, 6) is -0.739. The van der Waals surface area contributed by atoms with E-state index < -0.39 is 44.6 Å². The first-order valence-corrected chi connectivity index (χ1v) is 10.5. The summed E-state index contributed by atoms with van der Waals surface area (Å²) in [6.45, 7) is 2.84. The predicted octanol–water partition coefficient (Wildman–Crippen LogP) is 4.56. The third-order valence-corrected chi connectivity index (χ3v) is 6.16. The van der Waals surface area contributed by atoms with E-state index in [-0.39, 0.29) is 0 Å². The smallest absolute Gasteiger partial charge is 0.348 e. The van der Waals surface area contributed by atoms with Crippen molar-refractivity contribution in [3.63, 3.8) is 0 Å². The second kappa shape index (κ2) is 8.91. The van der Waals surface area contributed by atoms with E-state index >= 15 is 0 Å². The van der Waals surface area contributed by atoms with Crippen LogP contribution in [0.5, 0.6) is 0 Å². The Morgan fingerprint density at radius 3 is 2.28 bits per heavy atom. The zero-order valence-electron chi connectivity index (χ0n) is 15.2. The molecule has 0 saturated carbocycles. The Hall–Kier alpha value is -1.81. The Balaban J connectivity index is 2.17. The van der Waals surface area contributed by atoms with Crippen LogP contribution in [0.1, 0.15) is 31.0 Å². The summed E-state index contributed by atoms with van der Waals surface area (Å²) in [5.41, 5.74) is -0.775. The number of rotatable bonds is 6. The molecular formula is C18H17Cl2F3N2O3S. The zero-order chi connectivity index (χ0) is 22.0. The number of halogens is 5. The minimum absolute atomic E-state index is 0.303. The topological polar surface area (TPSA) is 75.3 Å². The Morgan fingerprint density at radius 1 is 1.07 bits per heavy atom. The lowest BCUT2D eigenvalue weighted by atomic mass is 10.1. The quantitative estimate of drug-likeness (QED) is 0.652. The summed E-state index contributed by atoms with van der Waals surface area (Å²) in [6.07, 6.45) is -4.86. The van der Waals surface area contributed by atoms with Crippen molar-refractivity contribution < 1.29 is 26.4 Å². The fourth-order valence-corrected chi connectivity index (χ4v) is 4.56. The van der Waals surface area contributed by atoms with Gasteiger partial charge in [0.1, 0.15) is 0 Å². The standard InChI is InChI=1S/C18H17Cl2F3N2O3S/c1-10(13-8-7-12(19)9-15(13)20)24-17(26)11(2)25-29(27,28)16-6-4-3-5-14(16)18(21,22)23/h3-11,25H,1-2H3,(H,24,26)/t10?,11-/m0/s1. The van der Waals surface area contributed by atoms with Gasteiger partial charge in [0, 0.05) is 10.0 Å². The lowest BCUT2D eigenvalue weighted by molar-refractivity contribution is -0.139. The number of hydrogen-bond acceptors (Lipinski definition) is 3. The second-order valence-electron chi connectivity index (χ2n) is 6.23. The molecular weight excluding hydrogens is 452 g/mol. The minimum atomic E-state index is -4.86. The Labute approximate surface area is 176 Å². The van der Waals surface area contributed by atoms with E-state index in [0.717, 1.165) is 12.1 Å². The molecule has 1 amide bonds. The van der Waals surface area contributed by atoms with Crippen molar-refractivity contribution in [2.24, 2.45) is 0 Å². The summed E-state index contributed by atoms with van der Waals surface area (Å²) >= 11 is 11.9. The van der Waals surface area contributed by atoms with Gasteiger partial charge in [-0.05, 0) is 43.7 Å². The number of benzene rings is 2. The zero-order valence-corrected chi connectivity index (χ0v) is 17.5. The number of amides is 1. The summed E-state index contributed by atoms with van der Waals surface area (Å²) in [7, 11) is -4.61. The summed E-state index contributed by atoms with van der Waals surface area (Å²) in [5, 5.41) is 3.27. The van der Waals surface area contributed by atoms with Crippen LogP contribution in [0, 0.1) is 0 Å². The van der Waals surface area contributed by atoms with Crippen LogP contribution in [0.2, 0.25) is 10.0 Å². The molecule has 5 nitrogen and oxygen atoms in total. The van der Waals surface area contributed by atoms with Gasteiger partial charge < -0.3 is 5.32 Å². The van der Waals surface area contributed by atoms with Gasteiger partial charge in [-0.1, -0.05) is 41.4 Å². The number of nitrogens with one attached hydrogen (secondary N) is 2. The molecule has 1 unspecified atom stereocenters. The summed E-state index contributed by atoms with van der Waals surface area (Å²) in [4.78, 5) is 11.4. The fourth-order valence-electron chi connectivity index (χ4n) is 2.55. The molecule has 0 aromatic heterocycles. The van der Waals surface area contributed by atoms with E-state index in [2.05, 4.69) is 5.32 Å². The molecule has 0 fully saturated rings. The van der Waals surface area contributed by atoms with Crippen LogP contribution in [-0.2, 0) is 21.0 Å². The first-order chi connectivity index (χ1) is 13.3. The number of sulfonamides is 1. The van der Waals surface area contributed by atoms with Gasteiger partial charge >= 0.3 is 6.18 Å². The van der Waals surface area contributed by atoms with Crippen molar-refractivity contribution in [3.8, 4) is 0 Å². The highest BCUT2D eigenvalue weighted by atomic mass is 35.5. The maximum absolute atomic E-state index is 13.1. The Kier molecular flexibility index (Phi) is 7.21. The number of carbonyl (C=O) groups is 1. The van der Waals surface area contributed by atoms with Crippen LogP contribution in [-0.4, -0.2) is 20.4 Å². The molecule has 0 heterocycles. The van der Waals surface area contributed by atoms with Crippen molar-refractivity contribution in [2.75, 3.05) is 0 Å². The summed E-state index contributed by atoms with van der Waals surface area (Å²) in [6, 6.07) is 6.46. The van der Waals surface area contributed by atoms with Crippen molar-refractivity contribution in [3.05, 3.63) is 63.6 Å². The molecule has 2 aromatic rings. The first kappa shape index (κ1) is 23.5. The van der Waals surface area contributed by atoms with Gasteiger partial charge in [-0.25, -0.2) is 8.42 Å². The van der Waals surface area contributed by atoms with Crippen molar-refractivity contribution in [2.45, 2.75) is 37.0 Å². The van der Waals surface area contributed by atoms with Gasteiger partial charge in [-0.3, -0.25) is 4.79 Å².